The molecule has 0 heterocycles. The molecule has 0 unspecified atom stereocenters. The van der Waals surface area contributed by atoms with E-state index in [0.29, 0.717) is 0 Å². The first-order valence-corrected chi connectivity index (χ1v) is 9.65. The largest absolute Gasteiger partial charge is 0.0991 e. The van der Waals surface area contributed by atoms with Gasteiger partial charge in [-0.1, -0.05) is 125 Å². The van der Waals surface area contributed by atoms with Crippen LogP contribution in [0.3, 0.4) is 0 Å². The Kier molecular flexibility index (Phi) is 9.35. The van der Waals surface area contributed by atoms with E-state index in [9.17, 15) is 0 Å². The molecule has 1 rings (SSSR count). The van der Waals surface area contributed by atoms with Crippen molar-refractivity contribution in [2.24, 2.45) is 5.41 Å². The lowest BCUT2D eigenvalue weighted by molar-refractivity contribution is 0.682. The van der Waals surface area contributed by atoms with Gasteiger partial charge in [0.2, 0.25) is 0 Å². The molecule has 0 N–H and O–H groups in total. The standard InChI is InChI=1S/C29H32/c1-9-16-21-24(18-11-3)29(25(19-12-4)22-17-10-2)27(14-6)23(8)26(20-13-5)28(29)15-7/h9-22H,1-4,7-8H2,5-6H3/b20-13-,21-16-,22-17-,24-18+,25-19+,27-14+. The summed E-state index contributed by atoms with van der Waals surface area (Å²) in [5, 5.41) is 0. The van der Waals surface area contributed by atoms with Gasteiger partial charge in [0.05, 0.1) is 5.41 Å². The fourth-order valence-electron chi connectivity index (χ4n) is 3.89. The molecule has 0 saturated heterocycles. The smallest absolute Gasteiger partial charge is 0.0709 e. The highest BCUT2D eigenvalue weighted by molar-refractivity contribution is 5.77. The molecule has 0 radical (unpaired) electrons. The first-order chi connectivity index (χ1) is 14.0. The summed E-state index contributed by atoms with van der Waals surface area (Å²) in [6.45, 7) is 28.2. The Morgan fingerprint density at radius 3 is 1.66 bits per heavy atom. The highest BCUT2D eigenvalue weighted by Gasteiger charge is 2.48. The van der Waals surface area contributed by atoms with Crippen molar-refractivity contribution in [3.8, 4) is 0 Å². The third-order valence-corrected chi connectivity index (χ3v) is 4.86. The summed E-state index contributed by atoms with van der Waals surface area (Å²) in [7, 11) is 0. The highest BCUT2D eigenvalue weighted by Crippen LogP contribution is 2.59. The number of hydrogen-bond donors (Lipinski definition) is 0. The number of rotatable bonds is 10. The van der Waals surface area contributed by atoms with Crippen LogP contribution in [0.1, 0.15) is 13.8 Å². The second kappa shape index (κ2) is 11.5. The van der Waals surface area contributed by atoms with Crippen molar-refractivity contribution >= 4 is 0 Å². The zero-order chi connectivity index (χ0) is 21.9. The third kappa shape index (κ3) is 4.38. The van der Waals surface area contributed by atoms with E-state index in [2.05, 4.69) is 63.8 Å². The quantitative estimate of drug-likeness (QED) is 0.335. The van der Waals surface area contributed by atoms with Gasteiger partial charge in [0.15, 0.2) is 0 Å². The van der Waals surface area contributed by atoms with Crippen LogP contribution in [-0.2, 0) is 0 Å². The van der Waals surface area contributed by atoms with Crippen molar-refractivity contribution < 1.29 is 0 Å². The summed E-state index contributed by atoms with van der Waals surface area (Å²) in [6.07, 6.45) is 27.4. The van der Waals surface area contributed by atoms with E-state index in [1.165, 1.54) is 0 Å². The molecule has 0 heteroatoms. The molecular formula is C29H32. The van der Waals surface area contributed by atoms with Gasteiger partial charge in [-0.15, -0.1) is 0 Å². The molecule has 0 nitrogen and oxygen atoms in total. The minimum absolute atomic E-state index is 0.607. The molecule has 29 heavy (non-hydrogen) atoms. The molecule has 0 amide bonds. The second-order valence-electron chi connectivity index (χ2n) is 6.37. The monoisotopic (exact) mass is 380 g/mol. The molecule has 0 aromatic carbocycles. The Bertz CT molecular complexity index is 871. The topological polar surface area (TPSA) is 0 Å². The lowest BCUT2D eigenvalue weighted by Crippen LogP contribution is -2.27. The Labute approximate surface area is 177 Å². The maximum atomic E-state index is 4.43. The summed E-state index contributed by atoms with van der Waals surface area (Å²) in [5.74, 6) is 0. The number of allylic oxidation sites excluding steroid dienone is 20. The van der Waals surface area contributed by atoms with Crippen LogP contribution in [-0.4, -0.2) is 0 Å². The van der Waals surface area contributed by atoms with Gasteiger partial charge in [-0.25, -0.2) is 0 Å². The van der Waals surface area contributed by atoms with E-state index in [4.69, 9.17) is 0 Å². The molecule has 0 fully saturated rings. The van der Waals surface area contributed by atoms with Crippen LogP contribution in [0, 0.1) is 5.41 Å². The summed E-state index contributed by atoms with van der Waals surface area (Å²) in [4.78, 5) is 0. The van der Waals surface area contributed by atoms with Crippen LogP contribution in [0.2, 0.25) is 0 Å². The normalized spacial score (nSPS) is 22.3. The van der Waals surface area contributed by atoms with Crippen molar-refractivity contribution in [3.63, 3.8) is 0 Å². The summed E-state index contributed by atoms with van der Waals surface area (Å²) in [6, 6.07) is 0. The summed E-state index contributed by atoms with van der Waals surface area (Å²) in [5.41, 5.74) is 5.69. The molecular weight excluding hydrogens is 348 g/mol. The molecule has 0 aromatic rings. The number of hydrogen-bond acceptors (Lipinski definition) is 0. The van der Waals surface area contributed by atoms with Gasteiger partial charge in [-0.3, -0.25) is 0 Å². The first kappa shape index (κ1) is 23.7. The van der Waals surface area contributed by atoms with Gasteiger partial charge in [0.25, 0.3) is 0 Å². The van der Waals surface area contributed by atoms with Crippen molar-refractivity contribution in [1.29, 1.82) is 0 Å². The Hall–Kier alpha value is -3.38. The van der Waals surface area contributed by atoms with Crippen LogP contribution in [0.15, 0.2) is 158 Å². The molecule has 0 aromatic heterocycles. The van der Waals surface area contributed by atoms with Gasteiger partial charge in [0.1, 0.15) is 0 Å². The molecule has 0 spiro atoms. The van der Waals surface area contributed by atoms with Gasteiger partial charge in [0, 0.05) is 0 Å². The van der Waals surface area contributed by atoms with Crippen molar-refractivity contribution in [2.45, 2.75) is 13.8 Å². The van der Waals surface area contributed by atoms with E-state index < -0.39 is 5.41 Å². The molecule has 1 aliphatic rings. The predicted molar refractivity (Wildman–Crippen MR) is 133 cm³/mol. The summed E-state index contributed by atoms with van der Waals surface area (Å²) >= 11 is 0. The molecule has 0 saturated carbocycles. The van der Waals surface area contributed by atoms with Crippen molar-refractivity contribution in [2.75, 3.05) is 0 Å². The fourth-order valence-corrected chi connectivity index (χ4v) is 3.89. The van der Waals surface area contributed by atoms with E-state index in [1.807, 2.05) is 50.3 Å². The maximum absolute atomic E-state index is 4.43. The van der Waals surface area contributed by atoms with E-state index in [1.54, 1.807) is 24.3 Å². The first-order valence-electron chi connectivity index (χ1n) is 9.65. The molecule has 1 aliphatic carbocycles. The van der Waals surface area contributed by atoms with E-state index in [0.717, 1.165) is 33.4 Å². The average Bonchev–Trinajstić information content (AvgIpc) is 2.96. The van der Waals surface area contributed by atoms with Crippen molar-refractivity contribution in [3.05, 3.63) is 158 Å². The maximum Gasteiger partial charge on any atom is 0.0709 e. The van der Waals surface area contributed by atoms with Crippen LogP contribution >= 0.6 is 0 Å². The Morgan fingerprint density at radius 2 is 1.31 bits per heavy atom. The molecule has 0 atom stereocenters. The van der Waals surface area contributed by atoms with Gasteiger partial charge in [-0.2, -0.15) is 0 Å². The van der Waals surface area contributed by atoms with Crippen LogP contribution in [0.4, 0.5) is 0 Å². The lowest BCUT2D eigenvalue weighted by Gasteiger charge is -2.37. The average molecular weight is 381 g/mol. The van der Waals surface area contributed by atoms with Gasteiger partial charge >= 0.3 is 0 Å². The van der Waals surface area contributed by atoms with Crippen LogP contribution < -0.4 is 0 Å². The third-order valence-electron chi connectivity index (χ3n) is 4.86. The Morgan fingerprint density at radius 1 is 0.793 bits per heavy atom. The molecule has 148 valence electrons. The van der Waals surface area contributed by atoms with Crippen molar-refractivity contribution in [1.82, 2.24) is 0 Å². The molecule has 0 bridgehead atoms. The minimum atomic E-state index is -0.607. The second-order valence-corrected chi connectivity index (χ2v) is 6.37. The lowest BCUT2D eigenvalue weighted by atomic mass is 9.64. The Balaban J connectivity index is 4.32. The van der Waals surface area contributed by atoms with Crippen LogP contribution in [0.25, 0.3) is 0 Å². The SMILES string of the molecule is C=C/C=C\C(=C/C=C)C1(C(/C=C\C=C)=C/C=C)C(C=C)=C(/C=C\C)C(=C)/C1=C\C. The zero-order valence-electron chi connectivity index (χ0n) is 17.8. The predicted octanol–water partition coefficient (Wildman–Crippen LogP) is 8.26. The van der Waals surface area contributed by atoms with Gasteiger partial charge in [-0.05, 0) is 47.3 Å². The molecule has 0 aliphatic heterocycles. The summed E-state index contributed by atoms with van der Waals surface area (Å²) < 4.78 is 0. The van der Waals surface area contributed by atoms with E-state index in [-0.39, 0.29) is 0 Å². The van der Waals surface area contributed by atoms with Crippen LogP contribution in [0.5, 0.6) is 0 Å². The zero-order valence-corrected chi connectivity index (χ0v) is 17.8. The van der Waals surface area contributed by atoms with E-state index >= 15 is 0 Å². The fraction of sp³-hybridized carbons (Fsp3) is 0.103. The minimum Gasteiger partial charge on any atom is -0.0991 e. The highest BCUT2D eigenvalue weighted by atomic mass is 14.5. The van der Waals surface area contributed by atoms with Gasteiger partial charge < -0.3 is 0 Å².